The monoisotopic (exact) mass is 383 g/mol. The van der Waals surface area contributed by atoms with E-state index >= 15 is 0 Å². The van der Waals surface area contributed by atoms with Crippen molar-refractivity contribution in [2.75, 3.05) is 17.7 Å². The van der Waals surface area contributed by atoms with Gasteiger partial charge in [0, 0.05) is 18.4 Å². The number of amides is 3. The number of carbonyl (C=O) groups excluding carboxylic acids is 2. The summed E-state index contributed by atoms with van der Waals surface area (Å²) < 4.78 is 1.53. The van der Waals surface area contributed by atoms with Crippen LogP contribution >= 0.6 is 11.6 Å². The van der Waals surface area contributed by atoms with E-state index in [1.54, 1.807) is 31.2 Å². The molecule has 2 aromatic carbocycles. The van der Waals surface area contributed by atoms with Crippen molar-refractivity contribution in [3.63, 3.8) is 0 Å². The zero-order valence-corrected chi connectivity index (χ0v) is 15.5. The van der Waals surface area contributed by atoms with Crippen molar-refractivity contribution in [3.05, 3.63) is 71.0 Å². The van der Waals surface area contributed by atoms with Gasteiger partial charge in [0.05, 0.1) is 11.4 Å². The highest BCUT2D eigenvalue weighted by Gasteiger charge is 2.21. The summed E-state index contributed by atoms with van der Waals surface area (Å²) in [4.78, 5) is 24.0. The second-order valence-electron chi connectivity index (χ2n) is 5.73. The molecule has 3 rings (SSSR count). The van der Waals surface area contributed by atoms with Crippen LogP contribution in [0.4, 0.5) is 16.2 Å². The summed E-state index contributed by atoms with van der Waals surface area (Å²) in [6.45, 7) is 1.73. The maximum Gasteiger partial charge on any atom is 0.318 e. The quantitative estimate of drug-likeness (QED) is 0.639. The van der Waals surface area contributed by atoms with E-state index in [0.29, 0.717) is 22.6 Å². The van der Waals surface area contributed by atoms with E-state index < -0.39 is 0 Å². The lowest BCUT2D eigenvalue weighted by Gasteiger charge is -2.08. The lowest BCUT2D eigenvalue weighted by Crippen LogP contribution is -2.24. The summed E-state index contributed by atoms with van der Waals surface area (Å²) in [5.41, 5.74) is 2.80. The fraction of sp³-hybridized carbons (Fsp3) is 0.105. The number of para-hydroxylation sites is 1. The van der Waals surface area contributed by atoms with Gasteiger partial charge in [0.25, 0.3) is 5.91 Å². The molecule has 0 saturated heterocycles. The predicted molar refractivity (Wildman–Crippen MR) is 106 cm³/mol. The van der Waals surface area contributed by atoms with Crippen molar-refractivity contribution in [3.8, 4) is 5.69 Å². The third-order valence-corrected chi connectivity index (χ3v) is 4.21. The lowest BCUT2D eigenvalue weighted by atomic mass is 10.2. The molecule has 8 heteroatoms. The Bertz CT molecular complexity index is 968. The summed E-state index contributed by atoms with van der Waals surface area (Å²) in [6.07, 6.45) is 0. The molecule has 3 N–H and O–H groups in total. The van der Waals surface area contributed by atoms with Gasteiger partial charge in [0.2, 0.25) is 0 Å². The summed E-state index contributed by atoms with van der Waals surface area (Å²) >= 11 is 6.41. The number of aromatic nitrogens is 2. The number of hydrogen-bond donors (Lipinski definition) is 3. The van der Waals surface area contributed by atoms with Crippen LogP contribution in [0.25, 0.3) is 5.69 Å². The van der Waals surface area contributed by atoms with Crippen LogP contribution in [0.1, 0.15) is 16.1 Å². The lowest BCUT2D eigenvalue weighted by molar-refractivity contribution is 0.102. The summed E-state index contributed by atoms with van der Waals surface area (Å²) in [5, 5.41) is 12.5. The van der Waals surface area contributed by atoms with E-state index in [1.807, 2.05) is 30.3 Å². The Labute approximate surface area is 161 Å². The first kappa shape index (κ1) is 18.5. The van der Waals surface area contributed by atoms with Crippen molar-refractivity contribution < 1.29 is 9.59 Å². The molecule has 3 amide bonds. The minimum Gasteiger partial charge on any atom is -0.341 e. The SMILES string of the molecule is CNC(=O)Nc1ccc(NC(=O)c2c(C)nn(-c3ccccc3)c2Cl)cc1. The number of carbonyl (C=O) groups is 2. The van der Waals surface area contributed by atoms with Gasteiger partial charge in [-0.25, -0.2) is 9.48 Å². The van der Waals surface area contributed by atoms with Crippen LogP contribution in [0.5, 0.6) is 0 Å². The van der Waals surface area contributed by atoms with Crippen molar-refractivity contribution in [2.45, 2.75) is 6.92 Å². The van der Waals surface area contributed by atoms with Gasteiger partial charge in [-0.3, -0.25) is 4.79 Å². The third kappa shape index (κ3) is 4.09. The molecule has 1 heterocycles. The van der Waals surface area contributed by atoms with Gasteiger partial charge in [-0.1, -0.05) is 29.8 Å². The largest absolute Gasteiger partial charge is 0.341 e. The van der Waals surface area contributed by atoms with Crippen LogP contribution in [-0.4, -0.2) is 28.8 Å². The molecule has 0 aliphatic heterocycles. The average Bonchev–Trinajstić information content (AvgIpc) is 2.98. The van der Waals surface area contributed by atoms with E-state index in [2.05, 4.69) is 21.0 Å². The molecule has 0 aliphatic rings. The average molecular weight is 384 g/mol. The Morgan fingerprint density at radius 3 is 2.15 bits per heavy atom. The summed E-state index contributed by atoms with van der Waals surface area (Å²) in [5.74, 6) is -0.355. The third-order valence-electron chi connectivity index (χ3n) is 3.86. The molecule has 0 aliphatic carbocycles. The molecule has 0 bridgehead atoms. The molecule has 0 fully saturated rings. The molecule has 0 unspecified atom stereocenters. The summed E-state index contributed by atoms with van der Waals surface area (Å²) in [7, 11) is 1.53. The molecular formula is C19H18ClN5O2. The smallest absolute Gasteiger partial charge is 0.318 e. The molecule has 0 radical (unpaired) electrons. The van der Waals surface area contributed by atoms with Crippen LogP contribution in [0.15, 0.2) is 54.6 Å². The standard InChI is InChI=1S/C19H18ClN5O2/c1-12-16(17(20)25(24-12)15-6-4-3-5-7-15)18(26)22-13-8-10-14(11-9-13)23-19(27)21-2/h3-11H,1-2H3,(H,22,26)(H2,21,23,27). The normalized spacial score (nSPS) is 10.3. The minimum atomic E-state index is -0.355. The number of anilines is 2. The highest BCUT2D eigenvalue weighted by atomic mass is 35.5. The number of hydrogen-bond acceptors (Lipinski definition) is 3. The van der Waals surface area contributed by atoms with Crippen LogP contribution in [-0.2, 0) is 0 Å². The fourth-order valence-electron chi connectivity index (χ4n) is 2.52. The van der Waals surface area contributed by atoms with Gasteiger partial charge < -0.3 is 16.0 Å². The molecule has 1 aromatic heterocycles. The van der Waals surface area contributed by atoms with Gasteiger partial charge in [-0.15, -0.1) is 0 Å². The second-order valence-corrected chi connectivity index (χ2v) is 6.09. The number of urea groups is 1. The number of nitrogens with one attached hydrogen (secondary N) is 3. The topological polar surface area (TPSA) is 88.1 Å². The number of rotatable bonds is 4. The van der Waals surface area contributed by atoms with E-state index in [0.717, 1.165) is 5.69 Å². The predicted octanol–water partition coefficient (Wildman–Crippen LogP) is 3.84. The van der Waals surface area contributed by atoms with Gasteiger partial charge >= 0.3 is 6.03 Å². The molecule has 138 valence electrons. The molecule has 0 spiro atoms. The van der Waals surface area contributed by atoms with E-state index in [-0.39, 0.29) is 17.1 Å². The Kier molecular flexibility index (Phi) is 5.42. The zero-order chi connectivity index (χ0) is 19.4. The zero-order valence-electron chi connectivity index (χ0n) is 14.8. The highest BCUT2D eigenvalue weighted by Crippen LogP contribution is 2.25. The van der Waals surface area contributed by atoms with Crippen molar-refractivity contribution in [1.29, 1.82) is 0 Å². The van der Waals surface area contributed by atoms with E-state index in [9.17, 15) is 9.59 Å². The minimum absolute atomic E-state index is 0.245. The number of nitrogens with zero attached hydrogens (tertiary/aromatic N) is 2. The van der Waals surface area contributed by atoms with Crippen molar-refractivity contribution in [2.24, 2.45) is 0 Å². The van der Waals surface area contributed by atoms with E-state index in [4.69, 9.17) is 11.6 Å². The van der Waals surface area contributed by atoms with Crippen LogP contribution in [0.2, 0.25) is 5.15 Å². The molecule has 7 nitrogen and oxygen atoms in total. The first-order chi connectivity index (χ1) is 13.0. The number of benzene rings is 2. The van der Waals surface area contributed by atoms with E-state index in [1.165, 1.54) is 11.7 Å². The van der Waals surface area contributed by atoms with Crippen molar-refractivity contribution in [1.82, 2.24) is 15.1 Å². The van der Waals surface area contributed by atoms with Crippen LogP contribution in [0, 0.1) is 6.92 Å². The number of halogens is 1. The van der Waals surface area contributed by atoms with Crippen molar-refractivity contribution >= 4 is 34.9 Å². The second kappa shape index (κ2) is 7.92. The molecular weight excluding hydrogens is 366 g/mol. The first-order valence-corrected chi connectivity index (χ1v) is 8.58. The van der Waals surface area contributed by atoms with Crippen LogP contribution in [0.3, 0.4) is 0 Å². The van der Waals surface area contributed by atoms with Gasteiger partial charge in [-0.05, 0) is 43.3 Å². The van der Waals surface area contributed by atoms with Gasteiger partial charge in [-0.2, -0.15) is 5.10 Å². The Morgan fingerprint density at radius 1 is 0.963 bits per heavy atom. The fourth-order valence-corrected chi connectivity index (χ4v) is 2.88. The maximum absolute atomic E-state index is 12.7. The van der Waals surface area contributed by atoms with Gasteiger partial charge in [0.1, 0.15) is 10.7 Å². The highest BCUT2D eigenvalue weighted by molar-refractivity contribution is 6.34. The molecule has 0 saturated carbocycles. The first-order valence-electron chi connectivity index (χ1n) is 8.20. The maximum atomic E-state index is 12.7. The number of aryl methyl sites for hydroxylation is 1. The summed E-state index contributed by atoms with van der Waals surface area (Å²) in [6, 6.07) is 15.8. The molecule has 0 atom stereocenters. The van der Waals surface area contributed by atoms with Gasteiger partial charge in [0.15, 0.2) is 0 Å². The Balaban J connectivity index is 1.79. The molecule has 27 heavy (non-hydrogen) atoms. The van der Waals surface area contributed by atoms with Crippen LogP contribution < -0.4 is 16.0 Å². The molecule has 3 aromatic rings. The Hall–Kier alpha value is -3.32. The Morgan fingerprint density at radius 2 is 1.56 bits per heavy atom.